The summed E-state index contributed by atoms with van der Waals surface area (Å²) in [4.78, 5) is 27.8. The highest BCUT2D eigenvalue weighted by molar-refractivity contribution is 5.76. The minimum absolute atomic E-state index is 0.0367. The molecule has 1 fully saturated rings. The van der Waals surface area contributed by atoms with Crippen molar-refractivity contribution in [1.82, 2.24) is 24.2 Å². The first-order valence-electron chi connectivity index (χ1n) is 12.6. The number of halogens is 3. The number of carbonyl (C=O) groups is 1. The van der Waals surface area contributed by atoms with E-state index in [2.05, 4.69) is 10.2 Å². The minimum atomic E-state index is -2.86. The first kappa shape index (κ1) is 26.5. The molecule has 0 saturated carbocycles. The number of rotatable bonds is 5. The molecule has 206 valence electrons. The molecule has 9 nitrogen and oxygen atoms in total. The van der Waals surface area contributed by atoms with Crippen molar-refractivity contribution in [1.29, 1.82) is 0 Å². The third kappa shape index (κ3) is 5.55. The summed E-state index contributed by atoms with van der Waals surface area (Å²) in [7, 11) is 0. The fraction of sp³-hybridized carbons (Fsp3) is 0.407. The zero-order chi connectivity index (χ0) is 27.9. The van der Waals surface area contributed by atoms with Crippen LogP contribution in [0.4, 0.5) is 18.0 Å². The SMILES string of the molecule is CC(C)(C)OC(=O)N1CCC(n2c(=O)n(Cc3ccc(-c4nnc(C(F)F)o4)cc3)c3cc(F)ccc32)CC1. The molecule has 2 aromatic heterocycles. The van der Waals surface area contributed by atoms with E-state index in [0.29, 0.717) is 42.5 Å². The van der Waals surface area contributed by atoms with Gasteiger partial charge < -0.3 is 14.1 Å². The van der Waals surface area contributed by atoms with Crippen LogP contribution in [-0.4, -0.2) is 49.0 Å². The van der Waals surface area contributed by atoms with Gasteiger partial charge in [0.25, 0.3) is 5.89 Å². The molecule has 5 rings (SSSR count). The van der Waals surface area contributed by atoms with Crippen LogP contribution in [0.25, 0.3) is 22.5 Å². The summed E-state index contributed by atoms with van der Waals surface area (Å²) in [6, 6.07) is 10.8. The number of piperidine rings is 1. The molecule has 4 aromatic rings. The number of hydrogen-bond acceptors (Lipinski definition) is 6. The smallest absolute Gasteiger partial charge is 0.410 e. The summed E-state index contributed by atoms with van der Waals surface area (Å²) in [5, 5.41) is 6.98. The van der Waals surface area contributed by atoms with Gasteiger partial charge in [-0.05, 0) is 69.5 Å². The van der Waals surface area contributed by atoms with E-state index in [9.17, 15) is 22.8 Å². The third-order valence-corrected chi connectivity index (χ3v) is 6.57. The Morgan fingerprint density at radius 2 is 1.77 bits per heavy atom. The number of likely N-dealkylation sites (tertiary alicyclic amines) is 1. The van der Waals surface area contributed by atoms with E-state index >= 15 is 0 Å². The van der Waals surface area contributed by atoms with Gasteiger partial charge in [-0.3, -0.25) is 9.13 Å². The van der Waals surface area contributed by atoms with Crippen molar-refractivity contribution in [3.8, 4) is 11.5 Å². The lowest BCUT2D eigenvalue weighted by Crippen LogP contribution is -2.43. The number of hydrogen-bond donors (Lipinski definition) is 0. The largest absolute Gasteiger partial charge is 0.444 e. The predicted molar refractivity (Wildman–Crippen MR) is 136 cm³/mol. The second-order valence-corrected chi connectivity index (χ2v) is 10.5. The van der Waals surface area contributed by atoms with Gasteiger partial charge in [-0.25, -0.2) is 14.0 Å². The molecule has 1 amide bonds. The molecule has 1 saturated heterocycles. The lowest BCUT2D eigenvalue weighted by atomic mass is 10.0. The number of aromatic nitrogens is 4. The van der Waals surface area contributed by atoms with Gasteiger partial charge in [0.05, 0.1) is 17.6 Å². The Balaban J connectivity index is 1.39. The van der Waals surface area contributed by atoms with Crippen molar-refractivity contribution in [2.75, 3.05) is 13.1 Å². The second-order valence-electron chi connectivity index (χ2n) is 10.5. The molecule has 0 radical (unpaired) electrons. The van der Waals surface area contributed by atoms with Crippen LogP contribution in [0.15, 0.2) is 51.7 Å². The van der Waals surface area contributed by atoms with E-state index in [1.54, 1.807) is 39.8 Å². The van der Waals surface area contributed by atoms with Gasteiger partial charge in [0.15, 0.2) is 0 Å². The van der Waals surface area contributed by atoms with Crippen molar-refractivity contribution in [2.24, 2.45) is 0 Å². The van der Waals surface area contributed by atoms with Gasteiger partial charge >= 0.3 is 18.2 Å². The number of ether oxygens (including phenoxy) is 1. The maximum absolute atomic E-state index is 14.3. The minimum Gasteiger partial charge on any atom is -0.444 e. The first-order valence-corrected chi connectivity index (χ1v) is 12.6. The van der Waals surface area contributed by atoms with Crippen molar-refractivity contribution < 1.29 is 27.1 Å². The second kappa shape index (κ2) is 10.2. The number of fused-ring (bicyclic) bond motifs is 1. The van der Waals surface area contributed by atoms with Crippen LogP contribution in [-0.2, 0) is 11.3 Å². The van der Waals surface area contributed by atoms with Gasteiger partial charge in [0.2, 0.25) is 5.89 Å². The number of benzene rings is 2. The van der Waals surface area contributed by atoms with E-state index in [4.69, 9.17) is 9.15 Å². The molecule has 39 heavy (non-hydrogen) atoms. The highest BCUT2D eigenvalue weighted by Crippen LogP contribution is 2.28. The highest BCUT2D eigenvalue weighted by atomic mass is 19.3. The van der Waals surface area contributed by atoms with Crippen LogP contribution >= 0.6 is 0 Å². The average molecular weight is 544 g/mol. The molecule has 12 heteroatoms. The molecular formula is C27H28F3N5O4. The van der Waals surface area contributed by atoms with Crippen molar-refractivity contribution in [2.45, 2.75) is 58.2 Å². The number of amides is 1. The molecule has 0 bridgehead atoms. The van der Waals surface area contributed by atoms with E-state index in [1.807, 2.05) is 20.8 Å². The number of imidazole rings is 1. The summed E-state index contributed by atoms with van der Waals surface area (Å²) in [6.07, 6.45) is -2.14. The predicted octanol–water partition coefficient (Wildman–Crippen LogP) is 5.55. The Kier molecular flexibility index (Phi) is 6.96. The Morgan fingerprint density at radius 3 is 2.38 bits per heavy atom. The summed E-state index contributed by atoms with van der Waals surface area (Å²) in [6.45, 7) is 6.47. The van der Waals surface area contributed by atoms with Crippen LogP contribution in [0.1, 0.15) is 57.5 Å². The maximum Gasteiger partial charge on any atom is 0.410 e. The average Bonchev–Trinajstić information content (AvgIpc) is 3.48. The van der Waals surface area contributed by atoms with Crippen molar-refractivity contribution in [3.63, 3.8) is 0 Å². The van der Waals surface area contributed by atoms with Crippen LogP contribution in [0.2, 0.25) is 0 Å². The molecule has 1 aliphatic rings. The summed E-state index contributed by atoms with van der Waals surface area (Å²) in [5.41, 5.74) is 1.37. The number of alkyl halides is 2. The normalized spacial score (nSPS) is 14.9. The van der Waals surface area contributed by atoms with Gasteiger partial charge in [-0.1, -0.05) is 12.1 Å². The van der Waals surface area contributed by atoms with Crippen LogP contribution in [0, 0.1) is 5.82 Å². The lowest BCUT2D eigenvalue weighted by molar-refractivity contribution is 0.0188. The molecule has 0 N–H and O–H groups in total. The van der Waals surface area contributed by atoms with Crippen LogP contribution in [0.5, 0.6) is 0 Å². The van der Waals surface area contributed by atoms with Gasteiger partial charge in [0.1, 0.15) is 11.4 Å². The Morgan fingerprint density at radius 1 is 1.08 bits per heavy atom. The highest BCUT2D eigenvalue weighted by Gasteiger charge is 2.30. The van der Waals surface area contributed by atoms with Crippen LogP contribution < -0.4 is 5.69 Å². The molecule has 1 aliphatic heterocycles. The lowest BCUT2D eigenvalue weighted by Gasteiger charge is -2.33. The zero-order valence-electron chi connectivity index (χ0n) is 21.7. The number of nitrogens with zero attached hydrogens (tertiary/aromatic N) is 5. The quantitative estimate of drug-likeness (QED) is 0.328. The summed E-state index contributed by atoms with van der Waals surface area (Å²) < 4.78 is 53.4. The Hall–Kier alpha value is -4.09. The molecule has 0 atom stereocenters. The third-order valence-electron chi connectivity index (χ3n) is 6.57. The molecule has 0 unspecified atom stereocenters. The summed E-state index contributed by atoms with van der Waals surface area (Å²) in [5.74, 6) is -1.26. The Labute approximate surface area is 221 Å². The standard InChI is InChI=1S/C27H28F3N5O4/c1-27(2,3)39-26(37)33-12-10-19(11-13-33)35-20-9-8-18(28)14-21(20)34(25(35)36)15-16-4-6-17(7-5-16)23-31-32-24(38-23)22(29)30/h4-9,14,19,22H,10-13,15H2,1-3H3. The monoisotopic (exact) mass is 543 g/mol. The van der Waals surface area contributed by atoms with E-state index in [-0.39, 0.29) is 30.3 Å². The van der Waals surface area contributed by atoms with Gasteiger partial charge in [0, 0.05) is 24.7 Å². The molecule has 2 aromatic carbocycles. The molecule has 3 heterocycles. The fourth-order valence-electron chi connectivity index (χ4n) is 4.77. The Bertz CT molecular complexity index is 1540. The van der Waals surface area contributed by atoms with E-state index < -0.39 is 23.7 Å². The molecule has 0 spiro atoms. The number of carbonyl (C=O) groups excluding carboxylic acids is 1. The van der Waals surface area contributed by atoms with Gasteiger partial charge in [-0.15, -0.1) is 10.2 Å². The van der Waals surface area contributed by atoms with E-state index in [1.165, 1.54) is 16.7 Å². The molecule has 0 aliphatic carbocycles. The topological polar surface area (TPSA) is 95.4 Å². The summed E-state index contributed by atoms with van der Waals surface area (Å²) >= 11 is 0. The van der Waals surface area contributed by atoms with Crippen molar-refractivity contribution in [3.05, 3.63) is 70.2 Å². The molecular weight excluding hydrogens is 515 g/mol. The first-order chi connectivity index (χ1) is 18.5. The maximum atomic E-state index is 14.3. The van der Waals surface area contributed by atoms with Crippen molar-refractivity contribution >= 4 is 17.1 Å². The fourth-order valence-corrected chi connectivity index (χ4v) is 4.77. The van der Waals surface area contributed by atoms with Crippen LogP contribution in [0.3, 0.4) is 0 Å². The zero-order valence-corrected chi connectivity index (χ0v) is 21.7. The van der Waals surface area contributed by atoms with E-state index in [0.717, 1.165) is 5.56 Å². The van der Waals surface area contributed by atoms with Gasteiger partial charge in [-0.2, -0.15) is 8.78 Å².